The van der Waals surface area contributed by atoms with Crippen molar-refractivity contribution in [1.82, 2.24) is 10.6 Å². The summed E-state index contributed by atoms with van der Waals surface area (Å²) in [4.78, 5) is 26.6. The molecule has 2 aromatic carbocycles. The molecule has 1 heterocycles. The van der Waals surface area contributed by atoms with E-state index in [0.717, 1.165) is 24.3 Å². The van der Waals surface area contributed by atoms with Gasteiger partial charge in [-0.15, -0.1) is 0 Å². The summed E-state index contributed by atoms with van der Waals surface area (Å²) in [7, 11) is 0. The summed E-state index contributed by atoms with van der Waals surface area (Å²) < 4.78 is 0. The number of anilines is 1. The van der Waals surface area contributed by atoms with E-state index in [0.29, 0.717) is 11.6 Å². The van der Waals surface area contributed by atoms with Crippen LogP contribution in [0.15, 0.2) is 42.5 Å². The van der Waals surface area contributed by atoms with Crippen molar-refractivity contribution < 1.29 is 9.59 Å². The fourth-order valence-electron chi connectivity index (χ4n) is 3.11. The van der Waals surface area contributed by atoms with Gasteiger partial charge < -0.3 is 15.5 Å². The Kier molecular flexibility index (Phi) is 6.58. The van der Waals surface area contributed by atoms with Gasteiger partial charge in [0.05, 0.1) is 17.1 Å². The van der Waals surface area contributed by atoms with Crippen molar-refractivity contribution in [2.75, 3.05) is 24.5 Å². The molecule has 5 nitrogen and oxygen atoms in total. The third-order valence-electron chi connectivity index (χ3n) is 4.50. The second-order valence-corrected chi connectivity index (χ2v) is 7.25. The summed E-state index contributed by atoms with van der Waals surface area (Å²) in [5.41, 5.74) is 2.51. The molecule has 0 radical (unpaired) electrons. The Morgan fingerprint density at radius 1 is 1.00 bits per heavy atom. The third kappa shape index (κ3) is 5.15. The molecule has 1 saturated heterocycles. The molecule has 0 spiro atoms. The lowest BCUT2D eigenvalue weighted by atomic mass is 10.1. The van der Waals surface area contributed by atoms with Crippen molar-refractivity contribution in [2.45, 2.75) is 19.4 Å². The highest BCUT2D eigenvalue weighted by molar-refractivity contribution is 6.36. The molecule has 2 N–H and O–H groups in total. The molecule has 0 atom stereocenters. The van der Waals surface area contributed by atoms with E-state index in [1.165, 1.54) is 25.0 Å². The number of halogens is 2. The first-order valence-corrected chi connectivity index (χ1v) is 9.63. The van der Waals surface area contributed by atoms with Crippen molar-refractivity contribution in [2.24, 2.45) is 0 Å². The van der Waals surface area contributed by atoms with Crippen molar-refractivity contribution in [3.05, 3.63) is 63.6 Å². The highest BCUT2D eigenvalue weighted by Gasteiger charge is 2.16. The molecule has 1 fully saturated rings. The predicted molar refractivity (Wildman–Crippen MR) is 109 cm³/mol. The predicted octanol–water partition coefficient (Wildman–Crippen LogP) is 3.64. The minimum absolute atomic E-state index is 0.121. The maximum absolute atomic E-state index is 12.2. The number of amides is 2. The van der Waals surface area contributed by atoms with Gasteiger partial charge in [-0.3, -0.25) is 9.59 Å². The van der Waals surface area contributed by atoms with Crippen LogP contribution >= 0.6 is 23.2 Å². The van der Waals surface area contributed by atoms with E-state index in [-0.39, 0.29) is 23.0 Å². The average Bonchev–Trinajstić information content (AvgIpc) is 3.19. The number of hydrogen-bond donors (Lipinski definition) is 2. The van der Waals surface area contributed by atoms with Gasteiger partial charge in [0.15, 0.2) is 0 Å². The summed E-state index contributed by atoms with van der Waals surface area (Å²) in [6, 6.07) is 12.7. The van der Waals surface area contributed by atoms with Crippen LogP contribution in [0.4, 0.5) is 5.69 Å². The lowest BCUT2D eigenvalue weighted by Crippen LogP contribution is -2.37. The molecule has 2 amide bonds. The van der Waals surface area contributed by atoms with Crippen LogP contribution in [0.3, 0.4) is 0 Å². The van der Waals surface area contributed by atoms with Crippen LogP contribution in [0.5, 0.6) is 0 Å². The first kappa shape index (κ1) is 19.5. The second kappa shape index (κ2) is 9.11. The van der Waals surface area contributed by atoms with E-state index in [1.807, 2.05) is 18.2 Å². The zero-order valence-corrected chi connectivity index (χ0v) is 16.3. The fraction of sp³-hybridized carbons (Fsp3) is 0.300. The van der Waals surface area contributed by atoms with Gasteiger partial charge in [-0.2, -0.15) is 0 Å². The fourth-order valence-corrected chi connectivity index (χ4v) is 3.61. The Morgan fingerprint density at radius 3 is 2.48 bits per heavy atom. The monoisotopic (exact) mass is 405 g/mol. The van der Waals surface area contributed by atoms with Gasteiger partial charge in [0.1, 0.15) is 0 Å². The Balaban J connectivity index is 1.52. The Bertz CT molecular complexity index is 836. The van der Waals surface area contributed by atoms with Crippen LogP contribution in [-0.4, -0.2) is 31.4 Å². The molecule has 1 aliphatic rings. The first-order chi connectivity index (χ1) is 13.0. The van der Waals surface area contributed by atoms with Crippen molar-refractivity contribution >= 4 is 40.7 Å². The second-order valence-electron chi connectivity index (χ2n) is 6.41. The van der Waals surface area contributed by atoms with E-state index in [1.54, 1.807) is 6.07 Å². The molecular weight excluding hydrogens is 385 g/mol. The van der Waals surface area contributed by atoms with Crippen molar-refractivity contribution in [1.29, 1.82) is 0 Å². The molecule has 142 valence electrons. The summed E-state index contributed by atoms with van der Waals surface area (Å²) in [6.45, 7) is 2.39. The summed E-state index contributed by atoms with van der Waals surface area (Å²) in [5, 5.41) is 6.13. The first-order valence-electron chi connectivity index (χ1n) is 8.87. The minimum Gasteiger partial charge on any atom is -0.371 e. The number of nitrogens with zero attached hydrogens (tertiary/aromatic N) is 1. The van der Waals surface area contributed by atoms with Gasteiger partial charge in [0.2, 0.25) is 5.91 Å². The van der Waals surface area contributed by atoms with Crippen LogP contribution < -0.4 is 15.5 Å². The Hall–Kier alpha value is -2.24. The Morgan fingerprint density at radius 2 is 1.74 bits per heavy atom. The zero-order valence-electron chi connectivity index (χ0n) is 14.8. The molecule has 0 aromatic heterocycles. The number of hydrogen-bond acceptors (Lipinski definition) is 3. The summed E-state index contributed by atoms with van der Waals surface area (Å²) >= 11 is 11.8. The molecule has 7 heteroatoms. The highest BCUT2D eigenvalue weighted by atomic mass is 35.5. The van der Waals surface area contributed by atoms with Gasteiger partial charge in [0.25, 0.3) is 5.91 Å². The average molecular weight is 406 g/mol. The molecule has 27 heavy (non-hydrogen) atoms. The molecule has 0 saturated carbocycles. The van der Waals surface area contributed by atoms with Crippen molar-refractivity contribution in [3.63, 3.8) is 0 Å². The minimum atomic E-state index is -0.413. The standard InChI is InChI=1S/C20H21Cl2N3O2/c21-15-7-8-16(17(22)11-15)20(27)24-13-19(26)23-12-14-5-1-2-6-18(14)25-9-3-4-10-25/h1-2,5-8,11H,3-4,9-10,12-13H2,(H,23,26)(H,24,27). The van der Waals surface area contributed by atoms with Gasteiger partial charge in [0, 0.05) is 30.3 Å². The van der Waals surface area contributed by atoms with Crippen LogP contribution in [0.2, 0.25) is 10.0 Å². The highest BCUT2D eigenvalue weighted by Crippen LogP contribution is 2.24. The SMILES string of the molecule is O=C(CNC(=O)c1ccc(Cl)cc1Cl)NCc1ccccc1N1CCCC1. The lowest BCUT2D eigenvalue weighted by Gasteiger charge is -2.21. The number of carbonyl (C=O) groups excluding carboxylic acids is 2. The largest absolute Gasteiger partial charge is 0.371 e. The summed E-state index contributed by atoms with van der Waals surface area (Å²) in [5.74, 6) is -0.672. The molecular formula is C20H21Cl2N3O2. The van der Waals surface area contributed by atoms with Crippen LogP contribution in [0, 0.1) is 0 Å². The molecule has 0 bridgehead atoms. The third-order valence-corrected chi connectivity index (χ3v) is 5.05. The summed E-state index contributed by atoms with van der Waals surface area (Å²) in [6.07, 6.45) is 2.39. The molecule has 1 aliphatic heterocycles. The number of para-hydroxylation sites is 1. The van der Waals surface area contributed by atoms with Gasteiger partial charge in [-0.1, -0.05) is 41.4 Å². The molecule has 2 aromatic rings. The number of nitrogens with one attached hydrogen (secondary N) is 2. The van der Waals surface area contributed by atoms with Crippen LogP contribution in [0.1, 0.15) is 28.8 Å². The maximum atomic E-state index is 12.2. The van der Waals surface area contributed by atoms with Gasteiger partial charge in [-0.05, 0) is 42.7 Å². The van der Waals surface area contributed by atoms with E-state index in [2.05, 4.69) is 21.6 Å². The van der Waals surface area contributed by atoms with E-state index in [4.69, 9.17) is 23.2 Å². The van der Waals surface area contributed by atoms with E-state index >= 15 is 0 Å². The quantitative estimate of drug-likeness (QED) is 0.770. The maximum Gasteiger partial charge on any atom is 0.253 e. The van der Waals surface area contributed by atoms with Crippen LogP contribution in [-0.2, 0) is 11.3 Å². The van der Waals surface area contributed by atoms with Crippen molar-refractivity contribution in [3.8, 4) is 0 Å². The topological polar surface area (TPSA) is 61.4 Å². The molecule has 3 rings (SSSR count). The Labute approximate surface area is 168 Å². The number of benzene rings is 2. The molecule has 0 unspecified atom stereocenters. The normalized spacial score (nSPS) is 13.5. The lowest BCUT2D eigenvalue weighted by molar-refractivity contribution is -0.120. The van der Waals surface area contributed by atoms with E-state index < -0.39 is 5.91 Å². The zero-order chi connectivity index (χ0) is 19.2. The van der Waals surface area contributed by atoms with Crippen LogP contribution in [0.25, 0.3) is 0 Å². The van der Waals surface area contributed by atoms with Gasteiger partial charge >= 0.3 is 0 Å². The van der Waals surface area contributed by atoms with E-state index in [9.17, 15) is 9.59 Å². The number of carbonyl (C=O) groups is 2. The molecule has 0 aliphatic carbocycles. The smallest absolute Gasteiger partial charge is 0.253 e. The number of rotatable bonds is 6. The van der Waals surface area contributed by atoms with Gasteiger partial charge in [-0.25, -0.2) is 0 Å².